The van der Waals surface area contributed by atoms with E-state index in [4.69, 9.17) is 0 Å². The molecule has 4 nitrogen and oxygen atoms in total. The van der Waals surface area contributed by atoms with Crippen LogP contribution in [0, 0.1) is 6.92 Å². The zero-order chi connectivity index (χ0) is 13.5. The second-order valence-corrected chi connectivity index (χ2v) is 5.21. The zero-order valence-electron chi connectivity index (χ0n) is 10.8. The summed E-state index contributed by atoms with van der Waals surface area (Å²) < 4.78 is 0. The van der Waals surface area contributed by atoms with Gasteiger partial charge in [0.25, 0.3) is 0 Å². The topological polar surface area (TPSA) is 62.2 Å². The van der Waals surface area contributed by atoms with Crippen LogP contribution in [0.1, 0.15) is 24.8 Å². The first-order valence-corrected chi connectivity index (χ1v) is 6.49. The number of benzene rings is 1. The van der Waals surface area contributed by atoms with Crippen LogP contribution in [-0.2, 0) is 4.79 Å². The number of aliphatic carboxylic acids is 1. The number of carboxylic acids is 1. The van der Waals surface area contributed by atoms with Crippen molar-refractivity contribution in [2.24, 2.45) is 0 Å². The fourth-order valence-electron chi connectivity index (χ4n) is 2.50. The van der Waals surface area contributed by atoms with Crippen LogP contribution >= 0.6 is 0 Å². The maximum Gasteiger partial charge on any atom is 0.329 e. The van der Waals surface area contributed by atoms with Gasteiger partial charge in [0, 0.05) is 5.39 Å². The Morgan fingerprint density at radius 1 is 1.37 bits per heavy atom. The molecule has 0 saturated heterocycles. The molecule has 3 rings (SSSR count). The molecule has 2 aromatic rings. The van der Waals surface area contributed by atoms with Gasteiger partial charge in [-0.15, -0.1) is 0 Å². The van der Waals surface area contributed by atoms with Crippen LogP contribution in [0.15, 0.2) is 30.3 Å². The summed E-state index contributed by atoms with van der Waals surface area (Å²) in [4.78, 5) is 15.9. The molecule has 1 aromatic heterocycles. The van der Waals surface area contributed by atoms with E-state index in [1.807, 2.05) is 37.3 Å². The Hall–Kier alpha value is -2.10. The fraction of sp³-hybridized carbons (Fsp3) is 0.333. The van der Waals surface area contributed by atoms with Gasteiger partial charge in [-0.05, 0) is 43.9 Å². The Bertz CT molecular complexity index is 648. The summed E-state index contributed by atoms with van der Waals surface area (Å²) >= 11 is 0. The van der Waals surface area contributed by atoms with Crippen molar-refractivity contribution < 1.29 is 9.90 Å². The van der Waals surface area contributed by atoms with Crippen molar-refractivity contribution >= 4 is 22.7 Å². The van der Waals surface area contributed by atoms with E-state index < -0.39 is 11.5 Å². The second-order valence-electron chi connectivity index (χ2n) is 5.21. The van der Waals surface area contributed by atoms with Gasteiger partial charge in [-0.1, -0.05) is 18.2 Å². The molecule has 0 atom stereocenters. The minimum absolute atomic E-state index is 0.663. The molecule has 0 radical (unpaired) electrons. The summed E-state index contributed by atoms with van der Waals surface area (Å²) in [5.41, 5.74) is 1.04. The molecule has 98 valence electrons. The summed E-state index contributed by atoms with van der Waals surface area (Å²) in [6.07, 6.45) is 2.28. The van der Waals surface area contributed by atoms with Crippen LogP contribution in [0.25, 0.3) is 10.9 Å². The molecule has 4 heteroatoms. The van der Waals surface area contributed by atoms with Gasteiger partial charge in [0.1, 0.15) is 11.4 Å². The van der Waals surface area contributed by atoms with Gasteiger partial charge in [-0.2, -0.15) is 0 Å². The first-order chi connectivity index (χ1) is 9.11. The minimum Gasteiger partial charge on any atom is -0.480 e. The van der Waals surface area contributed by atoms with Crippen molar-refractivity contribution in [3.63, 3.8) is 0 Å². The van der Waals surface area contributed by atoms with E-state index in [-0.39, 0.29) is 0 Å². The standard InChI is InChI=1S/C15H16N2O2/c1-10-9-11-5-2-3-6-12(11)16-13(10)17-15(14(18)19)7-4-8-15/h2-3,5-6,9H,4,7-8H2,1H3,(H,16,17)(H,18,19). The summed E-state index contributed by atoms with van der Waals surface area (Å²) in [5, 5.41) is 13.6. The van der Waals surface area contributed by atoms with Crippen LogP contribution in [0.4, 0.5) is 5.82 Å². The Morgan fingerprint density at radius 2 is 2.11 bits per heavy atom. The summed E-state index contributed by atoms with van der Waals surface area (Å²) in [7, 11) is 0. The molecule has 1 aliphatic carbocycles. The average molecular weight is 256 g/mol. The number of carboxylic acid groups (broad SMARTS) is 1. The van der Waals surface area contributed by atoms with E-state index in [1.165, 1.54) is 0 Å². The van der Waals surface area contributed by atoms with Crippen LogP contribution in [-0.4, -0.2) is 21.6 Å². The minimum atomic E-state index is -0.819. The predicted molar refractivity (Wildman–Crippen MR) is 74.3 cm³/mol. The number of hydrogen-bond acceptors (Lipinski definition) is 3. The largest absolute Gasteiger partial charge is 0.480 e. The van der Waals surface area contributed by atoms with Gasteiger partial charge in [-0.25, -0.2) is 9.78 Å². The fourth-order valence-corrected chi connectivity index (χ4v) is 2.50. The number of rotatable bonds is 3. The molecule has 1 fully saturated rings. The van der Waals surface area contributed by atoms with Crippen molar-refractivity contribution in [2.45, 2.75) is 31.7 Å². The molecule has 2 N–H and O–H groups in total. The molecular weight excluding hydrogens is 240 g/mol. The normalized spacial score (nSPS) is 16.9. The number of aromatic nitrogens is 1. The van der Waals surface area contributed by atoms with Crippen molar-refractivity contribution in [1.29, 1.82) is 0 Å². The third-order valence-corrected chi connectivity index (χ3v) is 3.89. The van der Waals surface area contributed by atoms with Gasteiger partial charge in [0.15, 0.2) is 0 Å². The molecule has 0 spiro atoms. The summed E-state index contributed by atoms with van der Waals surface area (Å²) in [5.74, 6) is -0.103. The number of aryl methyl sites for hydroxylation is 1. The number of pyridine rings is 1. The monoisotopic (exact) mass is 256 g/mol. The number of para-hydroxylation sites is 1. The predicted octanol–water partition coefficient (Wildman–Crippen LogP) is 2.96. The van der Waals surface area contributed by atoms with Crippen LogP contribution in [0.5, 0.6) is 0 Å². The lowest BCUT2D eigenvalue weighted by atomic mass is 9.76. The first-order valence-electron chi connectivity index (χ1n) is 6.49. The average Bonchev–Trinajstić information content (AvgIpc) is 2.33. The number of hydrogen-bond donors (Lipinski definition) is 2. The van der Waals surface area contributed by atoms with E-state index in [2.05, 4.69) is 10.3 Å². The second kappa shape index (κ2) is 4.23. The molecule has 0 aliphatic heterocycles. The molecule has 19 heavy (non-hydrogen) atoms. The van der Waals surface area contributed by atoms with E-state index in [0.717, 1.165) is 22.9 Å². The Kier molecular flexibility index (Phi) is 2.66. The number of nitrogens with zero attached hydrogens (tertiary/aromatic N) is 1. The van der Waals surface area contributed by atoms with E-state index in [1.54, 1.807) is 0 Å². The van der Waals surface area contributed by atoms with E-state index in [9.17, 15) is 9.90 Å². The molecule has 1 heterocycles. The van der Waals surface area contributed by atoms with E-state index in [0.29, 0.717) is 18.7 Å². The third-order valence-electron chi connectivity index (χ3n) is 3.89. The highest BCUT2D eigenvalue weighted by molar-refractivity contribution is 5.86. The first kappa shape index (κ1) is 12.0. The van der Waals surface area contributed by atoms with Crippen LogP contribution in [0.2, 0.25) is 0 Å². The number of anilines is 1. The van der Waals surface area contributed by atoms with Crippen molar-refractivity contribution in [3.05, 3.63) is 35.9 Å². The Morgan fingerprint density at radius 3 is 2.74 bits per heavy atom. The molecule has 1 saturated carbocycles. The third kappa shape index (κ3) is 1.93. The van der Waals surface area contributed by atoms with Crippen molar-refractivity contribution in [2.75, 3.05) is 5.32 Å². The van der Waals surface area contributed by atoms with Gasteiger partial charge in [0.2, 0.25) is 0 Å². The van der Waals surface area contributed by atoms with Crippen LogP contribution in [0.3, 0.4) is 0 Å². The maximum absolute atomic E-state index is 11.4. The van der Waals surface area contributed by atoms with Gasteiger partial charge in [0.05, 0.1) is 5.52 Å². The van der Waals surface area contributed by atoms with Crippen molar-refractivity contribution in [1.82, 2.24) is 4.98 Å². The molecular formula is C15H16N2O2. The molecule has 1 aromatic carbocycles. The van der Waals surface area contributed by atoms with Crippen LogP contribution < -0.4 is 5.32 Å². The summed E-state index contributed by atoms with van der Waals surface area (Å²) in [6.45, 7) is 1.95. The lowest BCUT2D eigenvalue weighted by Gasteiger charge is -2.39. The Labute approximate surface area is 111 Å². The molecule has 0 unspecified atom stereocenters. The SMILES string of the molecule is Cc1cc2ccccc2nc1NC1(C(=O)O)CCC1. The van der Waals surface area contributed by atoms with Gasteiger partial charge < -0.3 is 10.4 Å². The Balaban J connectivity index is 2.01. The van der Waals surface area contributed by atoms with Crippen molar-refractivity contribution in [3.8, 4) is 0 Å². The highest BCUT2D eigenvalue weighted by Crippen LogP contribution is 2.36. The zero-order valence-corrected chi connectivity index (χ0v) is 10.8. The highest BCUT2D eigenvalue weighted by atomic mass is 16.4. The number of fused-ring (bicyclic) bond motifs is 1. The highest BCUT2D eigenvalue weighted by Gasteiger charge is 2.44. The van der Waals surface area contributed by atoms with E-state index >= 15 is 0 Å². The number of nitrogens with one attached hydrogen (secondary N) is 1. The smallest absolute Gasteiger partial charge is 0.329 e. The van der Waals surface area contributed by atoms with Gasteiger partial charge in [-0.3, -0.25) is 0 Å². The quantitative estimate of drug-likeness (QED) is 0.886. The van der Waals surface area contributed by atoms with Gasteiger partial charge >= 0.3 is 5.97 Å². The molecule has 0 bridgehead atoms. The molecule has 0 amide bonds. The lowest BCUT2D eigenvalue weighted by molar-refractivity contribution is -0.145. The maximum atomic E-state index is 11.4. The number of carbonyl (C=O) groups is 1. The lowest BCUT2D eigenvalue weighted by Crippen LogP contribution is -2.52. The molecule has 1 aliphatic rings. The summed E-state index contributed by atoms with van der Waals surface area (Å²) in [6, 6.07) is 9.90.